The highest BCUT2D eigenvalue weighted by molar-refractivity contribution is 5.87. The molecule has 1 aliphatic carbocycles. The van der Waals surface area contributed by atoms with Gasteiger partial charge in [-0.2, -0.15) is 0 Å². The number of benzene rings is 1. The van der Waals surface area contributed by atoms with Gasteiger partial charge in [-0.1, -0.05) is 38.8 Å². The lowest BCUT2D eigenvalue weighted by Crippen LogP contribution is -2.33. The van der Waals surface area contributed by atoms with Crippen molar-refractivity contribution in [2.45, 2.75) is 52.5 Å². The first kappa shape index (κ1) is 16.0. The molecular weight excluding hydrogens is 262 g/mol. The van der Waals surface area contributed by atoms with Gasteiger partial charge in [0.2, 0.25) is 0 Å². The van der Waals surface area contributed by atoms with E-state index in [9.17, 15) is 4.79 Å². The van der Waals surface area contributed by atoms with E-state index in [1.807, 2.05) is 12.1 Å². The molecular formula is C18H27NO2. The van der Waals surface area contributed by atoms with Crippen LogP contribution in [-0.2, 0) is 6.54 Å². The Morgan fingerprint density at radius 2 is 1.86 bits per heavy atom. The Bertz CT molecular complexity index is 459. The third-order valence-corrected chi connectivity index (χ3v) is 4.54. The fourth-order valence-electron chi connectivity index (χ4n) is 3.68. The topological polar surface area (TPSA) is 49.3 Å². The van der Waals surface area contributed by atoms with E-state index in [-0.39, 0.29) is 0 Å². The smallest absolute Gasteiger partial charge is 0.335 e. The molecule has 1 aromatic rings. The number of hydrogen-bond donors (Lipinski definition) is 2. The average Bonchev–Trinajstić information content (AvgIpc) is 2.87. The van der Waals surface area contributed by atoms with Crippen LogP contribution >= 0.6 is 0 Å². The SMILES string of the molecule is CC(C)CC1(CNCc2ccc(C(=O)O)cc2)CCCC1. The Balaban J connectivity index is 1.86. The van der Waals surface area contributed by atoms with Gasteiger partial charge < -0.3 is 10.4 Å². The number of carboxylic acid groups (broad SMARTS) is 1. The first-order valence-corrected chi connectivity index (χ1v) is 8.04. The fourth-order valence-corrected chi connectivity index (χ4v) is 3.68. The molecule has 1 aromatic carbocycles. The van der Waals surface area contributed by atoms with Crippen molar-refractivity contribution in [3.05, 3.63) is 35.4 Å². The van der Waals surface area contributed by atoms with Gasteiger partial charge in [-0.15, -0.1) is 0 Å². The maximum Gasteiger partial charge on any atom is 0.335 e. The summed E-state index contributed by atoms with van der Waals surface area (Å²) in [6.45, 7) is 6.51. The molecule has 0 heterocycles. The van der Waals surface area contributed by atoms with Crippen molar-refractivity contribution in [2.24, 2.45) is 11.3 Å². The van der Waals surface area contributed by atoms with Gasteiger partial charge in [-0.3, -0.25) is 0 Å². The number of carbonyl (C=O) groups is 1. The Labute approximate surface area is 127 Å². The van der Waals surface area contributed by atoms with Crippen LogP contribution in [0.5, 0.6) is 0 Å². The van der Waals surface area contributed by atoms with Gasteiger partial charge in [0.15, 0.2) is 0 Å². The predicted molar refractivity (Wildman–Crippen MR) is 85.5 cm³/mol. The lowest BCUT2D eigenvalue weighted by Gasteiger charge is -2.31. The van der Waals surface area contributed by atoms with E-state index in [1.165, 1.54) is 32.1 Å². The van der Waals surface area contributed by atoms with Crippen molar-refractivity contribution >= 4 is 5.97 Å². The van der Waals surface area contributed by atoms with Crippen LogP contribution in [-0.4, -0.2) is 17.6 Å². The van der Waals surface area contributed by atoms with Crippen molar-refractivity contribution < 1.29 is 9.90 Å². The summed E-state index contributed by atoms with van der Waals surface area (Å²) < 4.78 is 0. The summed E-state index contributed by atoms with van der Waals surface area (Å²) in [5.41, 5.74) is 1.98. The lowest BCUT2D eigenvalue weighted by molar-refractivity contribution is 0.0697. The molecule has 0 amide bonds. The number of nitrogens with one attached hydrogen (secondary N) is 1. The third-order valence-electron chi connectivity index (χ3n) is 4.54. The molecule has 0 unspecified atom stereocenters. The Kier molecular flexibility index (Phi) is 5.40. The number of carboxylic acids is 1. The summed E-state index contributed by atoms with van der Waals surface area (Å²) in [7, 11) is 0. The van der Waals surface area contributed by atoms with Gasteiger partial charge in [0.25, 0.3) is 0 Å². The van der Waals surface area contributed by atoms with E-state index in [1.54, 1.807) is 12.1 Å². The Hall–Kier alpha value is -1.35. The van der Waals surface area contributed by atoms with Crippen LogP contribution < -0.4 is 5.32 Å². The predicted octanol–water partition coefficient (Wildman–Crippen LogP) is 4.08. The Morgan fingerprint density at radius 1 is 1.24 bits per heavy atom. The molecule has 116 valence electrons. The van der Waals surface area contributed by atoms with Crippen LogP contribution in [0.25, 0.3) is 0 Å². The summed E-state index contributed by atoms with van der Waals surface area (Å²) in [6.07, 6.45) is 6.72. The van der Waals surface area contributed by atoms with Crippen molar-refractivity contribution in [1.82, 2.24) is 5.32 Å². The van der Waals surface area contributed by atoms with Crippen LogP contribution in [0, 0.1) is 11.3 Å². The molecule has 0 bridgehead atoms. The largest absolute Gasteiger partial charge is 0.478 e. The van der Waals surface area contributed by atoms with Crippen molar-refractivity contribution in [2.75, 3.05) is 6.54 Å². The van der Waals surface area contributed by atoms with Crippen LogP contribution in [0.3, 0.4) is 0 Å². The summed E-state index contributed by atoms with van der Waals surface area (Å²) in [5.74, 6) is -0.115. The Morgan fingerprint density at radius 3 is 2.38 bits per heavy atom. The standard InChI is InChI=1S/C18H27NO2/c1-14(2)11-18(9-3-4-10-18)13-19-12-15-5-7-16(8-6-15)17(20)21/h5-8,14,19H,3-4,9-13H2,1-2H3,(H,20,21). The minimum atomic E-state index is -0.864. The van der Waals surface area contributed by atoms with Crippen LogP contribution in [0.2, 0.25) is 0 Å². The number of hydrogen-bond acceptors (Lipinski definition) is 2. The molecule has 3 nitrogen and oxygen atoms in total. The number of rotatable bonds is 7. The van der Waals surface area contributed by atoms with E-state index in [2.05, 4.69) is 19.2 Å². The highest BCUT2D eigenvalue weighted by atomic mass is 16.4. The first-order chi connectivity index (χ1) is 10.0. The summed E-state index contributed by atoms with van der Waals surface area (Å²) in [4.78, 5) is 10.8. The molecule has 0 atom stereocenters. The zero-order chi connectivity index (χ0) is 15.3. The van der Waals surface area contributed by atoms with E-state index in [0.717, 1.165) is 24.6 Å². The fraction of sp³-hybridized carbons (Fsp3) is 0.611. The molecule has 1 aliphatic rings. The number of aromatic carboxylic acids is 1. The molecule has 0 radical (unpaired) electrons. The summed E-state index contributed by atoms with van der Waals surface area (Å²) in [5, 5.41) is 12.5. The second-order valence-corrected chi connectivity index (χ2v) is 6.91. The van der Waals surface area contributed by atoms with Crippen molar-refractivity contribution in [3.63, 3.8) is 0 Å². The van der Waals surface area contributed by atoms with E-state index >= 15 is 0 Å². The highest BCUT2D eigenvalue weighted by Crippen LogP contribution is 2.42. The zero-order valence-corrected chi connectivity index (χ0v) is 13.2. The molecule has 1 saturated carbocycles. The van der Waals surface area contributed by atoms with Gasteiger partial charge in [-0.25, -0.2) is 4.79 Å². The van der Waals surface area contributed by atoms with Gasteiger partial charge in [-0.05, 0) is 48.3 Å². The molecule has 3 heteroatoms. The normalized spacial score (nSPS) is 17.3. The second kappa shape index (κ2) is 7.08. The first-order valence-electron chi connectivity index (χ1n) is 8.04. The maximum absolute atomic E-state index is 10.8. The second-order valence-electron chi connectivity index (χ2n) is 6.91. The quantitative estimate of drug-likeness (QED) is 0.795. The third kappa shape index (κ3) is 4.57. The van der Waals surface area contributed by atoms with E-state index < -0.39 is 5.97 Å². The maximum atomic E-state index is 10.8. The van der Waals surface area contributed by atoms with Gasteiger partial charge in [0, 0.05) is 13.1 Å². The molecule has 2 rings (SSSR count). The summed E-state index contributed by atoms with van der Waals surface area (Å²) in [6, 6.07) is 7.16. The monoisotopic (exact) mass is 289 g/mol. The van der Waals surface area contributed by atoms with Gasteiger partial charge in [0.05, 0.1) is 5.56 Å². The minimum Gasteiger partial charge on any atom is -0.478 e. The van der Waals surface area contributed by atoms with Gasteiger partial charge >= 0.3 is 5.97 Å². The summed E-state index contributed by atoms with van der Waals surface area (Å²) >= 11 is 0. The van der Waals surface area contributed by atoms with Crippen LogP contribution in [0.1, 0.15) is 61.9 Å². The molecule has 21 heavy (non-hydrogen) atoms. The molecule has 0 aliphatic heterocycles. The molecule has 0 aromatic heterocycles. The zero-order valence-electron chi connectivity index (χ0n) is 13.2. The lowest BCUT2D eigenvalue weighted by atomic mass is 9.78. The minimum absolute atomic E-state index is 0.353. The molecule has 2 N–H and O–H groups in total. The van der Waals surface area contributed by atoms with Gasteiger partial charge in [0.1, 0.15) is 0 Å². The van der Waals surface area contributed by atoms with E-state index in [0.29, 0.717) is 11.0 Å². The van der Waals surface area contributed by atoms with Crippen LogP contribution in [0.15, 0.2) is 24.3 Å². The van der Waals surface area contributed by atoms with E-state index in [4.69, 9.17) is 5.11 Å². The average molecular weight is 289 g/mol. The van der Waals surface area contributed by atoms with Crippen molar-refractivity contribution in [3.8, 4) is 0 Å². The molecule has 1 fully saturated rings. The van der Waals surface area contributed by atoms with Crippen molar-refractivity contribution in [1.29, 1.82) is 0 Å². The molecule has 0 spiro atoms. The molecule has 0 saturated heterocycles. The highest BCUT2D eigenvalue weighted by Gasteiger charge is 2.33. The van der Waals surface area contributed by atoms with Crippen LogP contribution in [0.4, 0.5) is 0 Å².